The number of nitrogens with one attached hydrogen (secondary N) is 1. The van der Waals surface area contributed by atoms with Crippen LogP contribution in [-0.2, 0) is 0 Å². The summed E-state index contributed by atoms with van der Waals surface area (Å²) in [7, 11) is 0. The average molecular weight is 454 g/mol. The van der Waals surface area contributed by atoms with Gasteiger partial charge in [0, 0.05) is 43.4 Å². The van der Waals surface area contributed by atoms with Gasteiger partial charge in [-0.05, 0) is 61.2 Å². The van der Waals surface area contributed by atoms with E-state index in [0.29, 0.717) is 46.7 Å². The van der Waals surface area contributed by atoms with E-state index in [4.69, 9.17) is 0 Å². The van der Waals surface area contributed by atoms with Crippen molar-refractivity contribution in [3.8, 4) is 11.1 Å². The van der Waals surface area contributed by atoms with Crippen molar-refractivity contribution in [1.29, 1.82) is 0 Å². The number of halogens is 3. The fraction of sp³-hybridized carbons (Fsp3) is 0.308. The summed E-state index contributed by atoms with van der Waals surface area (Å²) in [5.74, 6) is -3.13. The Morgan fingerprint density at radius 2 is 1.85 bits per heavy atom. The van der Waals surface area contributed by atoms with Crippen LogP contribution in [0.3, 0.4) is 0 Å². The molecule has 7 heteroatoms. The molecule has 0 bridgehead atoms. The maximum atomic E-state index is 14.0. The average Bonchev–Trinajstić information content (AvgIpc) is 2.93. The van der Waals surface area contributed by atoms with Crippen molar-refractivity contribution in [1.82, 2.24) is 4.98 Å². The minimum atomic E-state index is -2.73. The second-order valence-corrected chi connectivity index (χ2v) is 8.53. The number of benzene rings is 2. The normalized spacial score (nSPS) is 15.7. The molecule has 1 saturated heterocycles. The van der Waals surface area contributed by atoms with Crippen molar-refractivity contribution in [3.05, 3.63) is 77.2 Å². The summed E-state index contributed by atoms with van der Waals surface area (Å²) < 4.78 is 41.8. The number of carbonyl (C=O) groups is 1. The van der Waals surface area contributed by atoms with Gasteiger partial charge in [-0.1, -0.05) is 24.3 Å². The molecule has 0 saturated carbocycles. The van der Waals surface area contributed by atoms with Crippen LogP contribution in [0.25, 0.3) is 11.1 Å². The first-order valence-corrected chi connectivity index (χ1v) is 11.0. The SMILES string of the molecule is Cc1cccc(NC(=O)c2c(N3CCCC(F)(F)CC3)ncc(-c3cccc(F)c3)c2C)c1. The molecule has 0 atom stereocenters. The Kier molecular flexibility index (Phi) is 6.40. The van der Waals surface area contributed by atoms with Gasteiger partial charge in [0.15, 0.2) is 0 Å². The third-order valence-electron chi connectivity index (χ3n) is 5.97. The maximum absolute atomic E-state index is 14.0. The van der Waals surface area contributed by atoms with E-state index >= 15 is 0 Å². The minimum Gasteiger partial charge on any atom is -0.356 e. The number of pyridine rings is 1. The molecule has 172 valence electrons. The van der Waals surface area contributed by atoms with E-state index in [-0.39, 0.29) is 25.3 Å². The molecule has 3 aromatic rings. The van der Waals surface area contributed by atoms with Crippen LogP contribution < -0.4 is 10.2 Å². The van der Waals surface area contributed by atoms with Gasteiger partial charge in [0.25, 0.3) is 5.91 Å². The maximum Gasteiger partial charge on any atom is 0.259 e. The first-order chi connectivity index (χ1) is 15.7. The van der Waals surface area contributed by atoms with Gasteiger partial charge in [-0.3, -0.25) is 4.79 Å². The summed E-state index contributed by atoms with van der Waals surface area (Å²) in [5, 5.41) is 2.91. The predicted molar refractivity (Wildman–Crippen MR) is 125 cm³/mol. The van der Waals surface area contributed by atoms with Gasteiger partial charge < -0.3 is 10.2 Å². The Hall–Kier alpha value is -3.35. The molecule has 0 unspecified atom stereocenters. The molecule has 2 aromatic carbocycles. The summed E-state index contributed by atoms with van der Waals surface area (Å²) in [6, 6.07) is 13.5. The number of aryl methyl sites for hydroxylation is 1. The summed E-state index contributed by atoms with van der Waals surface area (Å²) in [6.07, 6.45) is 1.41. The van der Waals surface area contributed by atoms with E-state index in [1.807, 2.05) is 25.1 Å². The fourth-order valence-corrected chi connectivity index (χ4v) is 4.24. The predicted octanol–water partition coefficient (Wildman–Crippen LogP) is 6.38. The number of hydrogen-bond acceptors (Lipinski definition) is 3. The highest BCUT2D eigenvalue weighted by Crippen LogP contribution is 2.34. The Bertz CT molecular complexity index is 1180. The summed E-state index contributed by atoms with van der Waals surface area (Å²) in [6.45, 7) is 4.19. The Balaban J connectivity index is 1.78. The van der Waals surface area contributed by atoms with E-state index in [0.717, 1.165) is 5.56 Å². The number of amides is 1. The molecule has 1 aromatic heterocycles. The zero-order chi connectivity index (χ0) is 23.6. The zero-order valence-electron chi connectivity index (χ0n) is 18.7. The molecule has 0 radical (unpaired) electrons. The van der Waals surface area contributed by atoms with Crippen molar-refractivity contribution in [2.75, 3.05) is 23.3 Å². The molecular weight excluding hydrogens is 427 g/mol. The molecular formula is C26H26F3N3O. The molecule has 1 amide bonds. The van der Waals surface area contributed by atoms with Crippen LogP contribution in [0.5, 0.6) is 0 Å². The van der Waals surface area contributed by atoms with Gasteiger partial charge in [0.1, 0.15) is 11.6 Å². The van der Waals surface area contributed by atoms with E-state index in [1.54, 1.807) is 36.2 Å². The van der Waals surface area contributed by atoms with Crippen molar-refractivity contribution in [3.63, 3.8) is 0 Å². The van der Waals surface area contributed by atoms with E-state index in [9.17, 15) is 18.0 Å². The van der Waals surface area contributed by atoms with Crippen LogP contribution in [0.15, 0.2) is 54.7 Å². The number of aromatic nitrogens is 1. The first-order valence-electron chi connectivity index (χ1n) is 11.0. The topological polar surface area (TPSA) is 45.2 Å². The Morgan fingerprint density at radius 1 is 1.06 bits per heavy atom. The van der Waals surface area contributed by atoms with E-state index in [1.165, 1.54) is 12.1 Å². The van der Waals surface area contributed by atoms with Gasteiger partial charge in [-0.15, -0.1) is 0 Å². The van der Waals surface area contributed by atoms with E-state index < -0.39 is 11.7 Å². The van der Waals surface area contributed by atoms with Crippen molar-refractivity contribution in [2.45, 2.75) is 39.0 Å². The lowest BCUT2D eigenvalue weighted by Gasteiger charge is -2.26. The molecule has 33 heavy (non-hydrogen) atoms. The molecule has 1 aliphatic rings. The summed E-state index contributed by atoms with van der Waals surface area (Å²) >= 11 is 0. The van der Waals surface area contributed by atoms with Crippen LogP contribution in [0.2, 0.25) is 0 Å². The van der Waals surface area contributed by atoms with E-state index in [2.05, 4.69) is 10.3 Å². The lowest BCUT2D eigenvalue weighted by molar-refractivity contribution is -0.0102. The first kappa shape index (κ1) is 22.8. The van der Waals surface area contributed by atoms with Crippen molar-refractivity contribution >= 4 is 17.4 Å². The molecule has 0 spiro atoms. The van der Waals surface area contributed by atoms with Crippen LogP contribution in [-0.4, -0.2) is 29.9 Å². The number of rotatable bonds is 4. The number of carbonyl (C=O) groups excluding carboxylic acids is 1. The van der Waals surface area contributed by atoms with Gasteiger partial charge in [0.2, 0.25) is 5.92 Å². The lowest BCUT2D eigenvalue weighted by atomic mass is 9.97. The van der Waals surface area contributed by atoms with Crippen molar-refractivity contribution in [2.24, 2.45) is 0 Å². The Morgan fingerprint density at radius 3 is 2.61 bits per heavy atom. The second kappa shape index (κ2) is 9.25. The minimum absolute atomic E-state index is 0.101. The van der Waals surface area contributed by atoms with Gasteiger partial charge in [-0.2, -0.15) is 0 Å². The monoisotopic (exact) mass is 453 g/mol. The standard InChI is InChI=1S/C26H26F3N3O/c1-17-6-3-9-21(14-17)31-25(33)23-18(2)22(19-7-4-8-20(27)15-19)16-30-24(23)32-12-5-10-26(28,29)11-13-32/h3-4,6-9,14-16H,5,10-13H2,1-2H3,(H,31,33). The molecule has 1 aliphatic heterocycles. The highest BCUT2D eigenvalue weighted by Gasteiger charge is 2.33. The third kappa shape index (κ3) is 5.18. The number of anilines is 2. The largest absolute Gasteiger partial charge is 0.356 e. The quantitative estimate of drug-likeness (QED) is 0.498. The summed E-state index contributed by atoms with van der Waals surface area (Å²) in [4.78, 5) is 19.8. The van der Waals surface area contributed by atoms with Crippen LogP contribution in [0.4, 0.5) is 24.7 Å². The molecule has 0 aliphatic carbocycles. The molecule has 1 N–H and O–H groups in total. The number of alkyl halides is 2. The van der Waals surface area contributed by atoms with Crippen LogP contribution in [0.1, 0.15) is 40.7 Å². The molecule has 2 heterocycles. The highest BCUT2D eigenvalue weighted by molar-refractivity contribution is 6.09. The van der Waals surface area contributed by atoms with Crippen LogP contribution in [0, 0.1) is 19.7 Å². The third-order valence-corrected chi connectivity index (χ3v) is 5.97. The van der Waals surface area contributed by atoms with Gasteiger partial charge in [-0.25, -0.2) is 18.2 Å². The molecule has 4 rings (SSSR count). The Labute approximate surface area is 191 Å². The van der Waals surface area contributed by atoms with Crippen molar-refractivity contribution < 1.29 is 18.0 Å². The van der Waals surface area contributed by atoms with Gasteiger partial charge >= 0.3 is 0 Å². The molecule has 4 nitrogen and oxygen atoms in total. The molecule has 1 fully saturated rings. The summed E-state index contributed by atoms with van der Waals surface area (Å²) in [5.41, 5.74) is 3.76. The smallest absolute Gasteiger partial charge is 0.259 e. The number of hydrogen-bond donors (Lipinski definition) is 1. The highest BCUT2D eigenvalue weighted by atomic mass is 19.3. The fourth-order valence-electron chi connectivity index (χ4n) is 4.24. The number of nitrogens with zero attached hydrogens (tertiary/aromatic N) is 2. The second-order valence-electron chi connectivity index (χ2n) is 8.53. The lowest BCUT2D eigenvalue weighted by Crippen LogP contribution is -2.30. The van der Waals surface area contributed by atoms with Crippen LogP contribution >= 0.6 is 0 Å². The van der Waals surface area contributed by atoms with Gasteiger partial charge in [0.05, 0.1) is 5.56 Å². The zero-order valence-corrected chi connectivity index (χ0v) is 18.7.